The van der Waals surface area contributed by atoms with Gasteiger partial charge in [0.1, 0.15) is 6.61 Å². The fraction of sp³-hybridized carbons (Fsp3) is 0.111. The first kappa shape index (κ1) is 13.3. The summed E-state index contributed by atoms with van der Waals surface area (Å²) in [5.41, 5.74) is 2.35. The fourth-order valence-electron chi connectivity index (χ4n) is 2.23. The summed E-state index contributed by atoms with van der Waals surface area (Å²) in [4.78, 5) is 16.1. The van der Waals surface area contributed by atoms with Gasteiger partial charge in [0, 0.05) is 11.9 Å². The van der Waals surface area contributed by atoms with Crippen LogP contribution >= 0.6 is 0 Å². The summed E-state index contributed by atoms with van der Waals surface area (Å²) in [6.07, 6.45) is 1.54. The molecule has 0 bridgehead atoms. The van der Waals surface area contributed by atoms with E-state index in [4.69, 9.17) is 4.74 Å². The quantitative estimate of drug-likeness (QED) is 0.681. The molecular weight excluding hydrogens is 262 g/mol. The van der Waals surface area contributed by atoms with Crippen LogP contribution in [-0.4, -0.2) is 11.0 Å². The maximum absolute atomic E-state index is 12.0. The largest absolute Gasteiger partial charge is 0.457 e. The van der Waals surface area contributed by atoms with Gasteiger partial charge in [-0.1, -0.05) is 42.5 Å². The van der Waals surface area contributed by atoms with Crippen LogP contribution in [0.1, 0.15) is 21.6 Å². The van der Waals surface area contributed by atoms with Gasteiger partial charge < -0.3 is 4.74 Å². The summed E-state index contributed by atoms with van der Waals surface area (Å²) in [5.74, 6) is -0.351. The van der Waals surface area contributed by atoms with Crippen molar-refractivity contribution in [1.82, 2.24) is 4.98 Å². The average Bonchev–Trinajstić information content (AvgIpc) is 2.53. The van der Waals surface area contributed by atoms with Crippen molar-refractivity contribution in [3.05, 3.63) is 77.6 Å². The third-order valence-corrected chi connectivity index (χ3v) is 3.39. The molecule has 0 aliphatic carbocycles. The molecule has 0 saturated heterocycles. The summed E-state index contributed by atoms with van der Waals surface area (Å²) in [5, 5.41) is 2.25. The SMILES string of the molecule is Cc1ccc(C(=O)OCc2cccc3ccccc23)cn1. The van der Waals surface area contributed by atoms with Crippen molar-refractivity contribution in [2.24, 2.45) is 0 Å². The van der Waals surface area contributed by atoms with Crippen LogP contribution < -0.4 is 0 Å². The number of aromatic nitrogens is 1. The van der Waals surface area contributed by atoms with Gasteiger partial charge in [-0.2, -0.15) is 0 Å². The Morgan fingerprint density at radius 1 is 1.05 bits per heavy atom. The van der Waals surface area contributed by atoms with E-state index in [1.54, 1.807) is 18.3 Å². The zero-order valence-corrected chi connectivity index (χ0v) is 11.7. The molecule has 0 unspecified atom stereocenters. The first-order valence-electron chi connectivity index (χ1n) is 6.80. The molecular formula is C18H15NO2. The van der Waals surface area contributed by atoms with Crippen molar-refractivity contribution in [2.45, 2.75) is 13.5 Å². The van der Waals surface area contributed by atoms with Gasteiger partial charge in [-0.3, -0.25) is 4.98 Å². The maximum Gasteiger partial charge on any atom is 0.340 e. The number of ether oxygens (including phenoxy) is 1. The molecule has 0 N–H and O–H groups in total. The Hall–Kier alpha value is -2.68. The lowest BCUT2D eigenvalue weighted by Crippen LogP contribution is -2.06. The van der Waals surface area contributed by atoms with E-state index in [1.165, 1.54) is 0 Å². The molecule has 3 heteroatoms. The molecule has 0 fully saturated rings. The number of carbonyl (C=O) groups excluding carboxylic acids is 1. The molecule has 104 valence electrons. The Morgan fingerprint density at radius 3 is 2.67 bits per heavy atom. The molecule has 3 rings (SSSR count). The van der Waals surface area contributed by atoms with E-state index in [0.717, 1.165) is 22.0 Å². The highest BCUT2D eigenvalue weighted by molar-refractivity contribution is 5.89. The summed E-state index contributed by atoms with van der Waals surface area (Å²) < 4.78 is 5.38. The highest BCUT2D eigenvalue weighted by Gasteiger charge is 2.08. The summed E-state index contributed by atoms with van der Waals surface area (Å²) in [6.45, 7) is 2.14. The van der Waals surface area contributed by atoms with E-state index < -0.39 is 0 Å². The first-order chi connectivity index (χ1) is 10.2. The van der Waals surface area contributed by atoms with Gasteiger partial charge in [-0.25, -0.2) is 4.79 Å². The van der Waals surface area contributed by atoms with Crippen molar-refractivity contribution < 1.29 is 9.53 Å². The molecule has 21 heavy (non-hydrogen) atoms. The second kappa shape index (κ2) is 5.75. The second-order valence-electron chi connectivity index (χ2n) is 4.90. The standard InChI is InChI=1S/C18H15NO2/c1-13-9-10-15(11-19-13)18(20)21-12-16-7-4-6-14-5-2-3-8-17(14)16/h2-11H,12H2,1H3. The Kier molecular flexibility index (Phi) is 3.65. The highest BCUT2D eigenvalue weighted by atomic mass is 16.5. The van der Waals surface area contributed by atoms with Crippen molar-refractivity contribution >= 4 is 16.7 Å². The number of aryl methyl sites for hydroxylation is 1. The number of hydrogen-bond donors (Lipinski definition) is 0. The third-order valence-electron chi connectivity index (χ3n) is 3.39. The monoisotopic (exact) mass is 277 g/mol. The van der Waals surface area contributed by atoms with Crippen LogP contribution in [-0.2, 0) is 11.3 Å². The minimum absolute atomic E-state index is 0.258. The molecule has 3 nitrogen and oxygen atoms in total. The van der Waals surface area contributed by atoms with Crippen molar-refractivity contribution in [3.63, 3.8) is 0 Å². The van der Waals surface area contributed by atoms with E-state index in [-0.39, 0.29) is 12.6 Å². The van der Waals surface area contributed by atoms with Gasteiger partial charge in [0.15, 0.2) is 0 Å². The average molecular weight is 277 g/mol. The van der Waals surface area contributed by atoms with Crippen molar-refractivity contribution in [1.29, 1.82) is 0 Å². The number of carbonyl (C=O) groups is 1. The number of rotatable bonds is 3. The predicted octanol–water partition coefficient (Wildman–Crippen LogP) is 3.90. The Morgan fingerprint density at radius 2 is 1.86 bits per heavy atom. The third kappa shape index (κ3) is 2.92. The number of fused-ring (bicyclic) bond motifs is 1. The summed E-state index contributed by atoms with van der Waals surface area (Å²) in [7, 11) is 0. The lowest BCUT2D eigenvalue weighted by Gasteiger charge is -2.08. The van der Waals surface area contributed by atoms with E-state index >= 15 is 0 Å². The van der Waals surface area contributed by atoms with Gasteiger partial charge in [-0.15, -0.1) is 0 Å². The molecule has 1 heterocycles. The molecule has 0 aliphatic rings. The zero-order chi connectivity index (χ0) is 14.7. The molecule has 0 aliphatic heterocycles. The zero-order valence-electron chi connectivity index (χ0n) is 11.7. The van der Waals surface area contributed by atoms with Crippen molar-refractivity contribution in [3.8, 4) is 0 Å². The first-order valence-corrected chi connectivity index (χ1v) is 6.80. The molecule has 0 amide bonds. The van der Waals surface area contributed by atoms with E-state index in [2.05, 4.69) is 4.98 Å². The smallest absolute Gasteiger partial charge is 0.340 e. The van der Waals surface area contributed by atoms with E-state index in [1.807, 2.05) is 49.4 Å². The van der Waals surface area contributed by atoms with E-state index in [0.29, 0.717) is 5.56 Å². The van der Waals surface area contributed by atoms with Crippen LogP contribution in [0.3, 0.4) is 0 Å². The second-order valence-corrected chi connectivity index (χ2v) is 4.90. The normalized spacial score (nSPS) is 10.5. The number of benzene rings is 2. The topological polar surface area (TPSA) is 39.2 Å². The number of nitrogens with zero attached hydrogens (tertiary/aromatic N) is 1. The summed E-state index contributed by atoms with van der Waals surface area (Å²) in [6, 6.07) is 17.6. The molecule has 0 saturated carbocycles. The van der Waals surface area contributed by atoms with Gasteiger partial charge in [0.25, 0.3) is 0 Å². The summed E-state index contributed by atoms with van der Waals surface area (Å²) >= 11 is 0. The van der Waals surface area contributed by atoms with Gasteiger partial charge in [0.05, 0.1) is 5.56 Å². The Bertz CT molecular complexity index is 773. The van der Waals surface area contributed by atoms with Crippen LogP contribution in [0.2, 0.25) is 0 Å². The van der Waals surface area contributed by atoms with Gasteiger partial charge in [0.2, 0.25) is 0 Å². The predicted molar refractivity (Wildman–Crippen MR) is 82.0 cm³/mol. The Labute approximate surface area is 123 Å². The lowest BCUT2D eigenvalue weighted by molar-refractivity contribution is 0.0474. The van der Waals surface area contributed by atoms with Gasteiger partial charge in [-0.05, 0) is 35.4 Å². The van der Waals surface area contributed by atoms with E-state index in [9.17, 15) is 4.79 Å². The Balaban J connectivity index is 1.77. The van der Waals surface area contributed by atoms with Crippen LogP contribution in [0.15, 0.2) is 60.8 Å². The molecule has 3 aromatic rings. The van der Waals surface area contributed by atoms with Crippen molar-refractivity contribution in [2.75, 3.05) is 0 Å². The highest BCUT2D eigenvalue weighted by Crippen LogP contribution is 2.19. The van der Waals surface area contributed by atoms with Crippen LogP contribution in [0.25, 0.3) is 10.8 Å². The van der Waals surface area contributed by atoms with Crippen LogP contribution in [0.4, 0.5) is 0 Å². The molecule has 1 aromatic heterocycles. The number of pyridine rings is 1. The number of hydrogen-bond acceptors (Lipinski definition) is 3. The minimum Gasteiger partial charge on any atom is -0.457 e. The molecule has 0 radical (unpaired) electrons. The maximum atomic E-state index is 12.0. The van der Waals surface area contributed by atoms with Crippen LogP contribution in [0.5, 0.6) is 0 Å². The minimum atomic E-state index is -0.351. The molecule has 2 aromatic carbocycles. The molecule has 0 atom stereocenters. The van der Waals surface area contributed by atoms with Crippen LogP contribution in [0, 0.1) is 6.92 Å². The number of esters is 1. The fourth-order valence-corrected chi connectivity index (χ4v) is 2.23. The van der Waals surface area contributed by atoms with Gasteiger partial charge >= 0.3 is 5.97 Å². The lowest BCUT2D eigenvalue weighted by atomic mass is 10.1. The molecule has 0 spiro atoms.